The van der Waals surface area contributed by atoms with Gasteiger partial charge in [0.1, 0.15) is 11.5 Å². The monoisotopic (exact) mass is 554 g/mol. The van der Waals surface area contributed by atoms with Crippen LogP contribution in [0.4, 0.5) is 0 Å². The Morgan fingerprint density at radius 2 is 0.667 bits per heavy atom. The average Bonchev–Trinajstić information content (AvgIpc) is 2.96. The summed E-state index contributed by atoms with van der Waals surface area (Å²) in [5, 5.41) is 0. The third kappa shape index (κ3) is 18.4. The predicted octanol–water partition coefficient (Wildman–Crippen LogP) is 12.4. The van der Waals surface area contributed by atoms with Crippen molar-refractivity contribution in [3.63, 3.8) is 0 Å². The van der Waals surface area contributed by atoms with Gasteiger partial charge in [0.2, 0.25) is 0 Å². The molecule has 220 valence electrons. The SMILES string of the molecule is CCCCCCCCCCCCOc1ccc(Sc2ccc(OCCCCCCCCCCCC)cc2)cc1. The minimum absolute atomic E-state index is 0.823. The highest BCUT2D eigenvalue weighted by molar-refractivity contribution is 7.99. The maximum Gasteiger partial charge on any atom is 0.119 e. The van der Waals surface area contributed by atoms with E-state index in [1.807, 2.05) is 0 Å². The van der Waals surface area contributed by atoms with E-state index < -0.39 is 0 Å². The molecule has 39 heavy (non-hydrogen) atoms. The molecule has 2 rings (SSSR count). The van der Waals surface area contributed by atoms with Crippen molar-refractivity contribution in [3.05, 3.63) is 48.5 Å². The Labute approximate surface area is 246 Å². The first-order valence-electron chi connectivity index (χ1n) is 16.5. The third-order valence-electron chi connectivity index (χ3n) is 7.42. The molecular weight excluding hydrogens is 496 g/mol. The average molecular weight is 555 g/mol. The van der Waals surface area contributed by atoms with Crippen LogP contribution in [0.1, 0.15) is 142 Å². The lowest BCUT2D eigenvalue weighted by Crippen LogP contribution is -1.97. The molecule has 0 aliphatic rings. The second-order valence-electron chi connectivity index (χ2n) is 11.1. The predicted molar refractivity (Wildman–Crippen MR) is 172 cm³/mol. The molecule has 0 saturated carbocycles. The van der Waals surface area contributed by atoms with E-state index in [1.165, 1.54) is 125 Å². The van der Waals surface area contributed by atoms with Crippen molar-refractivity contribution in [1.29, 1.82) is 0 Å². The quantitative estimate of drug-likeness (QED) is 0.108. The number of unbranched alkanes of at least 4 members (excludes halogenated alkanes) is 18. The standard InChI is InChI=1S/C36H58O2S/c1-3-5-7-9-11-13-15-17-19-21-31-37-33-23-27-35(28-24-33)39-36-29-25-34(26-30-36)38-32-22-20-18-16-14-12-10-8-6-4-2/h23-30H,3-22,31-32H2,1-2H3. The Morgan fingerprint density at radius 1 is 0.385 bits per heavy atom. The fourth-order valence-corrected chi connectivity index (χ4v) is 5.72. The summed E-state index contributed by atoms with van der Waals surface area (Å²) < 4.78 is 11.9. The van der Waals surface area contributed by atoms with Gasteiger partial charge in [0.05, 0.1) is 13.2 Å². The Hall–Kier alpha value is -1.61. The van der Waals surface area contributed by atoms with Gasteiger partial charge < -0.3 is 9.47 Å². The molecule has 0 atom stereocenters. The molecule has 0 spiro atoms. The Balaban J connectivity index is 1.48. The molecule has 0 heterocycles. The first kappa shape index (κ1) is 33.6. The third-order valence-corrected chi connectivity index (χ3v) is 8.43. The van der Waals surface area contributed by atoms with Crippen molar-refractivity contribution in [2.75, 3.05) is 13.2 Å². The first-order chi connectivity index (χ1) is 19.3. The summed E-state index contributed by atoms with van der Waals surface area (Å²) in [6, 6.07) is 17.0. The van der Waals surface area contributed by atoms with Gasteiger partial charge in [0, 0.05) is 9.79 Å². The van der Waals surface area contributed by atoms with Gasteiger partial charge in [-0.3, -0.25) is 0 Å². The number of hydrogen-bond donors (Lipinski definition) is 0. The highest BCUT2D eigenvalue weighted by atomic mass is 32.2. The molecule has 0 bridgehead atoms. The summed E-state index contributed by atoms with van der Waals surface area (Å²) in [7, 11) is 0. The van der Waals surface area contributed by atoms with Crippen LogP contribution in [-0.4, -0.2) is 13.2 Å². The summed E-state index contributed by atoms with van der Waals surface area (Å²) in [6.07, 6.45) is 27.1. The normalized spacial score (nSPS) is 11.1. The highest BCUT2D eigenvalue weighted by Gasteiger charge is 2.01. The molecule has 2 nitrogen and oxygen atoms in total. The van der Waals surface area contributed by atoms with Crippen LogP contribution in [0.15, 0.2) is 58.3 Å². The summed E-state index contributed by atoms with van der Waals surface area (Å²) in [5.74, 6) is 1.96. The van der Waals surface area contributed by atoms with E-state index in [-0.39, 0.29) is 0 Å². The van der Waals surface area contributed by atoms with Crippen molar-refractivity contribution in [1.82, 2.24) is 0 Å². The van der Waals surface area contributed by atoms with Crippen molar-refractivity contribution >= 4 is 11.8 Å². The lowest BCUT2D eigenvalue weighted by molar-refractivity contribution is 0.304. The van der Waals surface area contributed by atoms with E-state index in [9.17, 15) is 0 Å². The van der Waals surface area contributed by atoms with Gasteiger partial charge in [-0.2, -0.15) is 0 Å². The van der Waals surface area contributed by atoms with Crippen LogP contribution in [0.3, 0.4) is 0 Å². The van der Waals surface area contributed by atoms with E-state index in [2.05, 4.69) is 62.4 Å². The zero-order valence-corrected chi connectivity index (χ0v) is 26.2. The van der Waals surface area contributed by atoms with Gasteiger partial charge in [-0.05, 0) is 61.4 Å². The number of hydrogen-bond acceptors (Lipinski definition) is 3. The van der Waals surface area contributed by atoms with E-state index in [0.29, 0.717) is 0 Å². The van der Waals surface area contributed by atoms with Crippen molar-refractivity contribution in [2.24, 2.45) is 0 Å². The topological polar surface area (TPSA) is 18.5 Å². The van der Waals surface area contributed by atoms with Crippen molar-refractivity contribution < 1.29 is 9.47 Å². The summed E-state index contributed by atoms with van der Waals surface area (Å²) in [5.41, 5.74) is 0. The summed E-state index contributed by atoms with van der Waals surface area (Å²) in [4.78, 5) is 2.47. The second-order valence-corrected chi connectivity index (χ2v) is 12.3. The molecule has 0 saturated heterocycles. The molecule has 0 radical (unpaired) electrons. The fraction of sp³-hybridized carbons (Fsp3) is 0.667. The molecule has 0 N–H and O–H groups in total. The molecule has 0 amide bonds. The van der Waals surface area contributed by atoms with Crippen LogP contribution >= 0.6 is 11.8 Å². The second kappa shape index (κ2) is 24.2. The Bertz CT molecular complexity index is 719. The molecule has 3 heteroatoms. The number of benzene rings is 2. The van der Waals surface area contributed by atoms with Crippen LogP contribution in [0.5, 0.6) is 11.5 Å². The van der Waals surface area contributed by atoms with E-state index in [0.717, 1.165) is 37.6 Å². The number of ether oxygens (including phenoxy) is 2. The molecule has 0 aromatic heterocycles. The van der Waals surface area contributed by atoms with Crippen LogP contribution in [0.25, 0.3) is 0 Å². The maximum absolute atomic E-state index is 5.97. The van der Waals surface area contributed by atoms with Gasteiger partial charge in [0.15, 0.2) is 0 Å². The van der Waals surface area contributed by atoms with E-state index in [4.69, 9.17) is 9.47 Å². The molecule has 0 fully saturated rings. The molecule has 2 aromatic rings. The lowest BCUT2D eigenvalue weighted by Gasteiger charge is -2.09. The Morgan fingerprint density at radius 3 is 0.974 bits per heavy atom. The number of rotatable bonds is 26. The van der Waals surface area contributed by atoms with Gasteiger partial charge in [-0.15, -0.1) is 0 Å². The van der Waals surface area contributed by atoms with Crippen molar-refractivity contribution in [2.45, 2.75) is 152 Å². The summed E-state index contributed by atoms with van der Waals surface area (Å²) >= 11 is 1.78. The zero-order valence-electron chi connectivity index (χ0n) is 25.4. The Kier molecular flexibility index (Phi) is 20.9. The van der Waals surface area contributed by atoms with Crippen LogP contribution in [0.2, 0.25) is 0 Å². The van der Waals surface area contributed by atoms with Gasteiger partial charge in [-0.1, -0.05) is 141 Å². The van der Waals surface area contributed by atoms with Gasteiger partial charge in [-0.25, -0.2) is 0 Å². The zero-order chi connectivity index (χ0) is 27.6. The maximum atomic E-state index is 5.97. The van der Waals surface area contributed by atoms with Crippen molar-refractivity contribution in [3.8, 4) is 11.5 Å². The highest BCUT2D eigenvalue weighted by Crippen LogP contribution is 2.30. The largest absolute Gasteiger partial charge is 0.494 e. The van der Waals surface area contributed by atoms with E-state index in [1.54, 1.807) is 11.8 Å². The lowest BCUT2D eigenvalue weighted by atomic mass is 10.1. The van der Waals surface area contributed by atoms with Gasteiger partial charge >= 0.3 is 0 Å². The molecule has 2 aromatic carbocycles. The first-order valence-corrected chi connectivity index (χ1v) is 17.3. The fourth-order valence-electron chi connectivity index (χ4n) is 4.90. The van der Waals surface area contributed by atoms with Crippen LogP contribution in [-0.2, 0) is 0 Å². The minimum atomic E-state index is 0.823. The molecule has 0 unspecified atom stereocenters. The van der Waals surface area contributed by atoms with Crippen LogP contribution in [0, 0.1) is 0 Å². The molecule has 0 aliphatic heterocycles. The smallest absolute Gasteiger partial charge is 0.119 e. The van der Waals surface area contributed by atoms with Crippen LogP contribution < -0.4 is 9.47 Å². The minimum Gasteiger partial charge on any atom is -0.494 e. The van der Waals surface area contributed by atoms with Gasteiger partial charge in [0.25, 0.3) is 0 Å². The van der Waals surface area contributed by atoms with E-state index >= 15 is 0 Å². The summed E-state index contributed by atoms with van der Waals surface area (Å²) in [6.45, 7) is 6.21. The molecule has 0 aliphatic carbocycles. The molecular formula is C36H58O2S.